The first-order valence-corrected chi connectivity index (χ1v) is 4.74. The third-order valence-electron chi connectivity index (χ3n) is 2.17. The van der Waals surface area contributed by atoms with Gasteiger partial charge in [0.25, 0.3) is 0 Å². The first-order valence-electron chi connectivity index (χ1n) is 4.74. The Morgan fingerprint density at radius 3 is 2.46 bits per heavy atom. The summed E-state index contributed by atoms with van der Waals surface area (Å²) in [6.07, 6.45) is 1.34. The van der Waals surface area contributed by atoms with Crippen molar-refractivity contribution in [1.29, 1.82) is 0 Å². The van der Waals surface area contributed by atoms with Crippen molar-refractivity contribution in [3.8, 4) is 0 Å². The van der Waals surface area contributed by atoms with Crippen LogP contribution in [-0.4, -0.2) is 11.1 Å². The molecular formula is C11H17NO. The maximum atomic E-state index is 9.80. The number of rotatable bonds is 4. The SMILES string of the molecule is CCC[C@H](N)[C@@H](O)c1ccccc1. The molecule has 1 rings (SSSR count). The Balaban J connectivity index is 2.62. The lowest BCUT2D eigenvalue weighted by Gasteiger charge is -2.18. The lowest BCUT2D eigenvalue weighted by molar-refractivity contribution is 0.142. The van der Waals surface area contributed by atoms with E-state index in [1.54, 1.807) is 0 Å². The fraction of sp³-hybridized carbons (Fsp3) is 0.455. The highest BCUT2D eigenvalue weighted by Crippen LogP contribution is 2.17. The van der Waals surface area contributed by atoms with Crippen LogP contribution in [0.2, 0.25) is 0 Å². The van der Waals surface area contributed by atoms with Gasteiger partial charge in [-0.15, -0.1) is 0 Å². The number of aliphatic hydroxyl groups is 1. The van der Waals surface area contributed by atoms with Crippen molar-refractivity contribution < 1.29 is 5.11 Å². The van der Waals surface area contributed by atoms with Crippen LogP contribution in [0.3, 0.4) is 0 Å². The van der Waals surface area contributed by atoms with Gasteiger partial charge in [-0.3, -0.25) is 0 Å². The second-order valence-electron chi connectivity index (χ2n) is 3.31. The van der Waals surface area contributed by atoms with Crippen LogP contribution in [0.25, 0.3) is 0 Å². The van der Waals surface area contributed by atoms with E-state index in [9.17, 15) is 5.11 Å². The molecular weight excluding hydrogens is 162 g/mol. The first-order chi connectivity index (χ1) is 6.25. The van der Waals surface area contributed by atoms with Crippen LogP contribution in [0.15, 0.2) is 30.3 Å². The van der Waals surface area contributed by atoms with E-state index in [0.717, 1.165) is 18.4 Å². The smallest absolute Gasteiger partial charge is 0.0940 e. The van der Waals surface area contributed by atoms with Gasteiger partial charge >= 0.3 is 0 Å². The Morgan fingerprint density at radius 2 is 1.92 bits per heavy atom. The molecule has 1 aromatic carbocycles. The molecule has 0 heterocycles. The summed E-state index contributed by atoms with van der Waals surface area (Å²) in [6, 6.07) is 9.42. The zero-order chi connectivity index (χ0) is 9.68. The standard InChI is InChI=1S/C11H17NO/c1-2-6-10(12)11(13)9-7-4-3-5-8-9/h3-5,7-8,10-11,13H,2,6,12H2,1H3/t10-,11-/m0/s1. The largest absolute Gasteiger partial charge is 0.387 e. The Kier molecular flexibility index (Phi) is 3.93. The Bertz CT molecular complexity index is 235. The third-order valence-corrected chi connectivity index (χ3v) is 2.17. The number of aliphatic hydroxyl groups excluding tert-OH is 1. The molecule has 0 aliphatic rings. The molecule has 3 N–H and O–H groups in total. The van der Waals surface area contributed by atoms with Crippen molar-refractivity contribution >= 4 is 0 Å². The van der Waals surface area contributed by atoms with Crippen molar-refractivity contribution in [2.45, 2.75) is 31.9 Å². The highest BCUT2D eigenvalue weighted by atomic mass is 16.3. The van der Waals surface area contributed by atoms with Gasteiger partial charge in [0.2, 0.25) is 0 Å². The molecule has 1 aromatic rings. The van der Waals surface area contributed by atoms with Gasteiger partial charge in [0, 0.05) is 6.04 Å². The molecule has 0 aromatic heterocycles. The van der Waals surface area contributed by atoms with Crippen LogP contribution in [0.1, 0.15) is 31.4 Å². The van der Waals surface area contributed by atoms with E-state index in [1.165, 1.54) is 0 Å². The van der Waals surface area contributed by atoms with Crippen molar-refractivity contribution in [2.24, 2.45) is 5.73 Å². The molecule has 2 atom stereocenters. The average Bonchev–Trinajstić information content (AvgIpc) is 2.18. The van der Waals surface area contributed by atoms with Gasteiger partial charge in [0.1, 0.15) is 0 Å². The third kappa shape index (κ3) is 2.83. The van der Waals surface area contributed by atoms with Gasteiger partial charge in [0.05, 0.1) is 6.10 Å². The molecule has 0 saturated carbocycles. The van der Waals surface area contributed by atoms with E-state index in [0.29, 0.717) is 0 Å². The Labute approximate surface area is 79.4 Å². The molecule has 0 aliphatic heterocycles. The second kappa shape index (κ2) is 5.00. The second-order valence-corrected chi connectivity index (χ2v) is 3.31. The minimum absolute atomic E-state index is 0.146. The molecule has 0 amide bonds. The molecule has 2 heteroatoms. The van der Waals surface area contributed by atoms with Gasteiger partial charge in [-0.25, -0.2) is 0 Å². The van der Waals surface area contributed by atoms with Crippen molar-refractivity contribution in [3.05, 3.63) is 35.9 Å². The number of hydrogen-bond acceptors (Lipinski definition) is 2. The minimum atomic E-state index is -0.527. The molecule has 0 aliphatic carbocycles. The summed E-state index contributed by atoms with van der Waals surface area (Å²) < 4.78 is 0. The zero-order valence-corrected chi connectivity index (χ0v) is 7.98. The van der Waals surface area contributed by atoms with Gasteiger partial charge in [-0.2, -0.15) is 0 Å². The number of hydrogen-bond donors (Lipinski definition) is 2. The predicted octanol–water partition coefficient (Wildman–Crippen LogP) is 1.85. The fourth-order valence-electron chi connectivity index (χ4n) is 1.39. The summed E-state index contributed by atoms with van der Waals surface area (Å²) >= 11 is 0. The summed E-state index contributed by atoms with van der Waals surface area (Å²) in [4.78, 5) is 0. The van der Waals surface area contributed by atoms with Gasteiger partial charge in [-0.05, 0) is 12.0 Å². The number of benzene rings is 1. The van der Waals surface area contributed by atoms with Crippen molar-refractivity contribution in [2.75, 3.05) is 0 Å². The van der Waals surface area contributed by atoms with Crippen molar-refractivity contribution in [3.63, 3.8) is 0 Å². The van der Waals surface area contributed by atoms with Gasteiger partial charge in [0.15, 0.2) is 0 Å². The molecule has 0 fully saturated rings. The van der Waals surface area contributed by atoms with Crippen molar-refractivity contribution in [1.82, 2.24) is 0 Å². The monoisotopic (exact) mass is 179 g/mol. The molecule has 0 unspecified atom stereocenters. The lowest BCUT2D eigenvalue weighted by atomic mass is 10.00. The van der Waals surface area contributed by atoms with Gasteiger partial charge in [-0.1, -0.05) is 43.7 Å². The van der Waals surface area contributed by atoms with Crippen LogP contribution >= 0.6 is 0 Å². The molecule has 0 bridgehead atoms. The summed E-state index contributed by atoms with van der Waals surface area (Å²) in [5.74, 6) is 0. The normalized spacial score (nSPS) is 15.3. The van der Waals surface area contributed by atoms with E-state index in [1.807, 2.05) is 30.3 Å². The first kappa shape index (κ1) is 10.2. The van der Waals surface area contributed by atoms with Crippen LogP contribution < -0.4 is 5.73 Å². The van der Waals surface area contributed by atoms with E-state index in [-0.39, 0.29) is 6.04 Å². The maximum absolute atomic E-state index is 9.80. The van der Waals surface area contributed by atoms with E-state index >= 15 is 0 Å². The maximum Gasteiger partial charge on any atom is 0.0940 e. The fourth-order valence-corrected chi connectivity index (χ4v) is 1.39. The van der Waals surface area contributed by atoms with E-state index < -0.39 is 6.10 Å². The quantitative estimate of drug-likeness (QED) is 0.741. The van der Waals surface area contributed by atoms with Crippen LogP contribution in [0.4, 0.5) is 0 Å². The Hall–Kier alpha value is -0.860. The topological polar surface area (TPSA) is 46.2 Å². The Morgan fingerprint density at radius 1 is 1.31 bits per heavy atom. The highest BCUT2D eigenvalue weighted by molar-refractivity contribution is 5.18. The van der Waals surface area contributed by atoms with Crippen LogP contribution in [-0.2, 0) is 0 Å². The summed E-state index contributed by atoms with van der Waals surface area (Å²) in [6.45, 7) is 2.07. The molecule has 0 saturated heterocycles. The van der Waals surface area contributed by atoms with Crippen LogP contribution in [0.5, 0.6) is 0 Å². The summed E-state index contributed by atoms with van der Waals surface area (Å²) in [5.41, 5.74) is 6.72. The number of nitrogens with two attached hydrogens (primary N) is 1. The molecule has 0 spiro atoms. The molecule has 13 heavy (non-hydrogen) atoms. The summed E-state index contributed by atoms with van der Waals surface area (Å²) in [7, 11) is 0. The highest BCUT2D eigenvalue weighted by Gasteiger charge is 2.14. The van der Waals surface area contributed by atoms with E-state index in [2.05, 4.69) is 6.92 Å². The molecule has 2 nitrogen and oxygen atoms in total. The molecule has 72 valence electrons. The zero-order valence-electron chi connectivity index (χ0n) is 7.98. The van der Waals surface area contributed by atoms with E-state index in [4.69, 9.17) is 5.73 Å². The predicted molar refractivity (Wildman–Crippen MR) is 54.3 cm³/mol. The summed E-state index contributed by atoms with van der Waals surface area (Å²) in [5, 5.41) is 9.80. The minimum Gasteiger partial charge on any atom is -0.387 e. The lowest BCUT2D eigenvalue weighted by Crippen LogP contribution is -2.27. The average molecular weight is 179 g/mol. The van der Waals surface area contributed by atoms with Gasteiger partial charge < -0.3 is 10.8 Å². The molecule has 0 radical (unpaired) electrons. The van der Waals surface area contributed by atoms with Crippen LogP contribution in [0, 0.1) is 0 Å².